The van der Waals surface area contributed by atoms with Crippen LogP contribution >= 0.6 is 28.1 Å². The second kappa shape index (κ2) is 10.3. The fourth-order valence-electron chi connectivity index (χ4n) is 2.03. The average Bonchev–Trinajstić information content (AvgIpc) is 2.70. The topological polar surface area (TPSA) is 132 Å². The molecule has 0 fully saturated rings. The van der Waals surface area contributed by atoms with Gasteiger partial charge in [0.1, 0.15) is 11.5 Å². The molecule has 2 rings (SSSR count). The number of carbonyl (C=O) groups is 2. The van der Waals surface area contributed by atoms with Gasteiger partial charge >= 0.3 is 0 Å². The number of nitrogens with one attached hydrogen (secondary N) is 3. The van der Waals surface area contributed by atoms with E-state index in [4.69, 9.17) is 21.7 Å². The molecular formula is C17H15BrN4O6S. The summed E-state index contributed by atoms with van der Waals surface area (Å²) in [6.45, 7) is -0.374. The molecule has 12 heteroatoms. The average molecular weight is 483 g/mol. The van der Waals surface area contributed by atoms with Crippen molar-refractivity contribution in [3.63, 3.8) is 0 Å². The molecule has 0 bridgehead atoms. The smallest absolute Gasteiger partial charge is 0.276 e. The molecule has 152 valence electrons. The minimum atomic E-state index is -0.583. The van der Waals surface area contributed by atoms with Gasteiger partial charge in [0.15, 0.2) is 11.7 Å². The maximum atomic E-state index is 12.3. The number of hydrogen-bond donors (Lipinski definition) is 3. The van der Waals surface area contributed by atoms with Crippen LogP contribution in [0.2, 0.25) is 0 Å². The van der Waals surface area contributed by atoms with Crippen molar-refractivity contribution in [3.05, 3.63) is 62.6 Å². The largest absolute Gasteiger partial charge is 0.496 e. The lowest BCUT2D eigenvalue weighted by Crippen LogP contribution is -2.49. The summed E-state index contributed by atoms with van der Waals surface area (Å²) in [5.41, 5.74) is 4.79. The number of nitrogens with zero attached hydrogens (tertiary/aromatic N) is 1. The number of benzene rings is 2. The summed E-state index contributed by atoms with van der Waals surface area (Å²) in [7, 11) is 1.43. The number of ether oxygens (including phenoxy) is 2. The van der Waals surface area contributed by atoms with Gasteiger partial charge in [0.25, 0.3) is 17.5 Å². The zero-order valence-electron chi connectivity index (χ0n) is 14.9. The first-order valence-electron chi connectivity index (χ1n) is 7.91. The van der Waals surface area contributed by atoms with Crippen LogP contribution in [0.25, 0.3) is 0 Å². The number of hydrogen-bond acceptors (Lipinski definition) is 7. The third-order valence-corrected chi connectivity index (χ3v) is 4.06. The van der Waals surface area contributed by atoms with Crippen LogP contribution in [0.3, 0.4) is 0 Å². The Bertz CT molecular complexity index is 938. The van der Waals surface area contributed by atoms with Crippen LogP contribution in [-0.2, 0) is 4.79 Å². The molecule has 0 aliphatic carbocycles. The van der Waals surface area contributed by atoms with E-state index in [1.807, 2.05) is 0 Å². The van der Waals surface area contributed by atoms with Crippen molar-refractivity contribution in [1.29, 1.82) is 0 Å². The van der Waals surface area contributed by atoms with Crippen molar-refractivity contribution >= 4 is 50.8 Å². The van der Waals surface area contributed by atoms with Crippen molar-refractivity contribution < 1.29 is 24.0 Å². The summed E-state index contributed by atoms with van der Waals surface area (Å²) in [5.74, 6) is -0.477. The van der Waals surface area contributed by atoms with Gasteiger partial charge in [0.05, 0.1) is 17.6 Å². The number of nitro benzene ring substituents is 1. The summed E-state index contributed by atoms with van der Waals surface area (Å²) in [5, 5.41) is 12.9. The van der Waals surface area contributed by atoms with E-state index >= 15 is 0 Å². The van der Waals surface area contributed by atoms with Crippen molar-refractivity contribution in [2.45, 2.75) is 0 Å². The highest BCUT2D eigenvalue weighted by molar-refractivity contribution is 9.10. The maximum absolute atomic E-state index is 12.3. The summed E-state index contributed by atoms with van der Waals surface area (Å²) in [6, 6.07) is 10.2. The first-order valence-corrected chi connectivity index (χ1v) is 9.11. The lowest BCUT2D eigenvalue weighted by atomic mass is 10.2. The lowest BCUT2D eigenvalue weighted by Gasteiger charge is -2.13. The molecule has 0 saturated heterocycles. The van der Waals surface area contributed by atoms with Crippen LogP contribution < -0.4 is 25.6 Å². The predicted molar refractivity (Wildman–Crippen MR) is 111 cm³/mol. The first kappa shape index (κ1) is 22.0. The third-order valence-electron chi connectivity index (χ3n) is 3.37. The monoisotopic (exact) mass is 482 g/mol. The van der Waals surface area contributed by atoms with E-state index in [0.717, 1.165) is 0 Å². The Labute approximate surface area is 178 Å². The molecule has 0 radical (unpaired) electrons. The highest BCUT2D eigenvalue weighted by Gasteiger charge is 2.14. The molecule has 10 nitrogen and oxygen atoms in total. The molecule has 0 heterocycles. The van der Waals surface area contributed by atoms with Crippen molar-refractivity contribution in [2.24, 2.45) is 0 Å². The number of amides is 2. The molecule has 0 atom stereocenters. The van der Waals surface area contributed by atoms with Crippen LogP contribution in [0.1, 0.15) is 10.4 Å². The molecule has 0 aliphatic heterocycles. The zero-order chi connectivity index (χ0) is 21.4. The highest BCUT2D eigenvalue weighted by Crippen LogP contribution is 2.22. The Kier molecular flexibility index (Phi) is 7.86. The van der Waals surface area contributed by atoms with Gasteiger partial charge in [-0.1, -0.05) is 15.9 Å². The fourth-order valence-corrected chi connectivity index (χ4v) is 2.54. The van der Waals surface area contributed by atoms with Gasteiger partial charge in [-0.15, -0.1) is 0 Å². The third kappa shape index (κ3) is 6.69. The van der Waals surface area contributed by atoms with Gasteiger partial charge in [0, 0.05) is 16.6 Å². The van der Waals surface area contributed by atoms with Gasteiger partial charge in [-0.05, 0) is 42.5 Å². The van der Waals surface area contributed by atoms with E-state index in [0.29, 0.717) is 10.2 Å². The molecular weight excluding hydrogens is 468 g/mol. The SMILES string of the molecule is COc1ccc(Br)cc1C(=O)NC(=S)NNC(=O)COc1ccc([N+](=O)[O-])cc1. The Morgan fingerprint density at radius 2 is 1.86 bits per heavy atom. The van der Waals surface area contributed by atoms with Crippen LogP contribution in [0.5, 0.6) is 11.5 Å². The second-order valence-electron chi connectivity index (χ2n) is 5.34. The molecule has 0 aromatic heterocycles. The van der Waals surface area contributed by atoms with Crippen LogP contribution in [-0.4, -0.2) is 35.6 Å². The number of hydrazine groups is 1. The minimum absolute atomic E-state index is 0.0911. The standard InChI is InChI=1S/C17H15BrN4O6S/c1-27-14-7-2-10(18)8-13(14)16(24)19-17(29)21-20-15(23)9-28-12-5-3-11(4-6-12)22(25)26/h2-8H,9H2,1H3,(H,20,23)(H2,19,21,24,29). The van der Waals surface area contributed by atoms with Gasteiger partial charge in [-0.25, -0.2) is 0 Å². The molecule has 2 amide bonds. The normalized spacial score (nSPS) is 9.86. The summed E-state index contributed by atoms with van der Waals surface area (Å²) >= 11 is 8.23. The maximum Gasteiger partial charge on any atom is 0.276 e. The van der Waals surface area contributed by atoms with Gasteiger partial charge in [-0.3, -0.25) is 35.9 Å². The summed E-state index contributed by atoms with van der Waals surface area (Å²) in [6.07, 6.45) is 0. The first-order chi connectivity index (χ1) is 13.8. The molecule has 0 saturated carbocycles. The van der Waals surface area contributed by atoms with E-state index in [9.17, 15) is 19.7 Å². The quantitative estimate of drug-likeness (QED) is 0.323. The van der Waals surface area contributed by atoms with Crippen LogP contribution in [0, 0.1) is 10.1 Å². The van der Waals surface area contributed by atoms with E-state index in [1.165, 1.54) is 31.4 Å². The molecule has 2 aromatic rings. The highest BCUT2D eigenvalue weighted by atomic mass is 79.9. The molecule has 3 N–H and O–H groups in total. The van der Waals surface area contributed by atoms with Crippen LogP contribution in [0.15, 0.2) is 46.9 Å². The Morgan fingerprint density at radius 3 is 2.48 bits per heavy atom. The number of rotatable bonds is 6. The number of thiocarbonyl (C=S) groups is 1. The predicted octanol–water partition coefficient (Wildman–Crippen LogP) is 2.08. The van der Waals surface area contributed by atoms with E-state index in [1.54, 1.807) is 18.2 Å². The Balaban J connectivity index is 1.79. The summed E-state index contributed by atoms with van der Waals surface area (Å²) < 4.78 is 11.0. The zero-order valence-corrected chi connectivity index (χ0v) is 17.3. The van der Waals surface area contributed by atoms with Gasteiger partial charge in [0.2, 0.25) is 0 Å². The number of nitro groups is 1. The van der Waals surface area contributed by atoms with Crippen molar-refractivity contribution in [3.8, 4) is 11.5 Å². The molecule has 0 aliphatic rings. The molecule has 0 spiro atoms. The van der Waals surface area contributed by atoms with E-state index in [-0.39, 0.29) is 28.7 Å². The number of non-ortho nitro benzene ring substituents is 1. The summed E-state index contributed by atoms with van der Waals surface area (Å²) in [4.78, 5) is 34.1. The Morgan fingerprint density at radius 1 is 1.17 bits per heavy atom. The molecule has 2 aromatic carbocycles. The fraction of sp³-hybridized carbons (Fsp3) is 0.118. The van der Waals surface area contributed by atoms with Crippen molar-refractivity contribution in [2.75, 3.05) is 13.7 Å². The van der Waals surface area contributed by atoms with Gasteiger partial charge in [-0.2, -0.15) is 0 Å². The van der Waals surface area contributed by atoms with Crippen molar-refractivity contribution in [1.82, 2.24) is 16.2 Å². The number of carbonyl (C=O) groups excluding carboxylic acids is 2. The number of methoxy groups -OCH3 is 1. The molecule has 0 unspecified atom stereocenters. The lowest BCUT2D eigenvalue weighted by molar-refractivity contribution is -0.384. The second-order valence-corrected chi connectivity index (χ2v) is 6.66. The van der Waals surface area contributed by atoms with Crippen LogP contribution in [0.4, 0.5) is 5.69 Å². The minimum Gasteiger partial charge on any atom is -0.496 e. The Hall–Kier alpha value is -3.25. The van der Waals surface area contributed by atoms with E-state index in [2.05, 4.69) is 32.1 Å². The van der Waals surface area contributed by atoms with Gasteiger partial charge < -0.3 is 9.47 Å². The number of halogens is 1. The van der Waals surface area contributed by atoms with E-state index < -0.39 is 16.7 Å². The molecule has 29 heavy (non-hydrogen) atoms.